The molecule has 0 unspecified atom stereocenters. The lowest BCUT2D eigenvalue weighted by Gasteiger charge is -2.14. The zero-order chi connectivity index (χ0) is 15.7. The van der Waals surface area contributed by atoms with Crippen LogP contribution in [0.4, 0.5) is 0 Å². The van der Waals surface area contributed by atoms with Crippen LogP contribution in [-0.4, -0.2) is 43.1 Å². The first-order valence-corrected chi connectivity index (χ1v) is 7.15. The quantitative estimate of drug-likeness (QED) is 0.827. The molecule has 7 heteroatoms. The van der Waals surface area contributed by atoms with E-state index < -0.39 is 0 Å². The van der Waals surface area contributed by atoms with E-state index in [2.05, 4.69) is 10.1 Å². The summed E-state index contributed by atoms with van der Waals surface area (Å²) in [5.74, 6) is 1.46. The maximum atomic E-state index is 11.6. The van der Waals surface area contributed by atoms with Crippen molar-refractivity contribution in [3.05, 3.63) is 23.3 Å². The number of carbonyl (C=O) groups is 1. The summed E-state index contributed by atoms with van der Waals surface area (Å²) in [4.78, 5) is 15.6. The SMILES string of the molecule is CCOc1cc(OC)c(CC)cc1C1=NN2C(=O)CN=C2O1. The van der Waals surface area contributed by atoms with Crippen LogP contribution in [0.5, 0.6) is 11.5 Å². The molecular weight excluding hydrogens is 286 g/mol. The molecule has 22 heavy (non-hydrogen) atoms. The zero-order valence-electron chi connectivity index (χ0n) is 12.8. The standard InChI is InChI=1S/C15H17N3O4/c1-4-9-6-10(12(21-5-2)7-11(9)20-3)14-17-18-13(19)8-16-15(18)22-14/h6-7H,4-5,8H2,1-3H3. The molecule has 1 aromatic carbocycles. The maximum Gasteiger partial charge on any atom is 0.323 e. The molecule has 1 amide bonds. The average Bonchev–Trinajstić information content (AvgIpc) is 3.09. The maximum absolute atomic E-state index is 11.6. The second kappa shape index (κ2) is 5.67. The molecule has 0 bridgehead atoms. The third kappa shape index (κ3) is 2.28. The van der Waals surface area contributed by atoms with Gasteiger partial charge in [-0.3, -0.25) is 4.79 Å². The molecule has 0 saturated carbocycles. The molecule has 0 spiro atoms. The van der Waals surface area contributed by atoms with E-state index >= 15 is 0 Å². The van der Waals surface area contributed by atoms with E-state index in [4.69, 9.17) is 14.2 Å². The molecule has 0 atom stereocenters. The molecule has 3 rings (SSSR count). The van der Waals surface area contributed by atoms with Gasteiger partial charge in [0.1, 0.15) is 18.0 Å². The summed E-state index contributed by atoms with van der Waals surface area (Å²) in [6.45, 7) is 4.50. The minimum atomic E-state index is -0.202. The Balaban J connectivity index is 2.04. The first kappa shape index (κ1) is 14.4. The van der Waals surface area contributed by atoms with Gasteiger partial charge in [0.05, 0.1) is 19.3 Å². The van der Waals surface area contributed by atoms with Gasteiger partial charge in [0, 0.05) is 6.07 Å². The van der Waals surface area contributed by atoms with Gasteiger partial charge in [-0.15, -0.1) is 10.1 Å². The monoisotopic (exact) mass is 303 g/mol. The third-order valence-corrected chi connectivity index (χ3v) is 3.44. The molecule has 7 nitrogen and oxygen atoms in total. The molecule has 0 aliphatic carbocycles. The van der Waals surface area contributed by atoms with Crippen molar-refractivity contribution in [1.82, 2.24) is 5.01 Å². The molecule has 0 aromatic heterocycles. The van der Waals surface area contributed by atoms with E-state index in [0.29, 0.717) is 23.8 Å². The van der Waals surface area contributed by atoms with Crippen LogP contribution >= 0.6 is 0 Å². The van der Waals surface area contributed by atoms with Crippen molar-refractivity contribution in [3.8, 4) is 11.5 Å². The fraction of sp³-hybridized carbons (Fsp3) is 0.400. The zero-order valence-corrected chi connectivity index (χ0v) is 12.8. The Kier molecular flexibility index (Phi) is 3.70. The second-order valence-electron chi connectivity index (χ2n) is 4.76. The van der Waals surface area contributed by atoms with Gasteiger partial charge in [-0.05, 0) is 25.0 Å². The predicted octanol–water partition coefficient (Wildman–Crippen LogP) is 1.55. The lowest BCUT2D eigenvalue weighted by molar-refractivity contribution is -0.124. The van der Waals surface area contributed by atoms with Gasteiger partial charge in [0.25, 0.3) is 11.8 Å². The van der Waals surface area contributed by atoms with Crippen molar-refractivity contribution in [2.45, 2.75) is 20.3 Å². The van der Waals surface area contributed by atoms with Crippen LogP contribution in [-0.2, 0) is 16.0 Å². The predicted molar refractivity (Wildman–Crippen MR) is 80.3 cm³/mol. The number of aryl methyl sites for hydroxylation is 1. The highest BCUT2D eigenvalue weighted by atomic mass is 16.5. The van der Waals surface area contributed by atoms with Crippen molar-refractivity contribution in [2.24, 2.45) is 10.1 Å². The van der Waals surface area contributed by atoms with Crippen LogP contribution in [0.2, 0.25) is 0 Å². The number of aliphatic imine (C=N–C) groups is 1. The normalized spacial score (nSPS) is 16.1. The van der Waals surface area contributed by atoms with Crippen LogP contribution in [0.1, 0.15) is 25.0 Å². The van der Waals surface area contributed by atoms with Gasteiger partial charge < -0.3 is 14.2 Å². The number of amides is 1. The molecular formula is C15H17N3O4. The molecule has 2 aliphatic heterocycles. The van der Waals surface area contributed by atoms with Crippen LogP contribution in [0, 0.1) is 0 Å². The lowest BCUT2D eigenvalue weighted by atomic mass is 10.1. The fourth-order valence-corrected chi connectivity index (χ4v) is 2.37. The van der Waals surface area contributed by atoms with Gasteiger partial charge in [-0.2, -0.15) is 0 Å². The van der Waals surface area contributed by atoms with E-state index in [1.165, 1.54) is 5.01 Å². The number of benzene rings is 1. The van der Waals surface area contributed by atoms with Crippen LogP contribution < -0.4 is 9.47 Å². The highest BCUT2D eigenvalue weighted by Crippen LogP contribution is 2.32. The summed E-state index contributed by atoms with van der Waals surface area (Å²) in [6, 6.07) is 3.95. The Morgan fingerprint density at radius 1 is 1.32 bits per heavy atom. The number of ether oxygens (including phenoxy) is 3. The topological polar surface area (TPSA) is 72.7 Å². The van der Waals surface area contributed by atoms with Crippen molar-refractivity contribution >= 4 is 17.8 Å². The fourth-order valence-electron chi connectivity index (χ4n) is 2.37. The molecule has 2 heterocycles. The minimum absolute atomic E-state index is 0.0766. The van der Waals surface area contributed by atoms with Crippen LogP contribution in [0.25, 0.3) is 0 Å². The van der Waals surface area contributed by atoms with Crippen molar-refractivity contribution < 1.29 is 19.0 Å². The van der Waals surface area contributed by atoms with Crippen LogP contribution in [0.15, 0.2) is 22.2 Å². The summed E-state index contributed by atoms with van der Waals surface area (Å²) in [5.41, 5.74) is 1.69. The van der Waals surface area contributed by atoms with Crippen molar-refractivity contribution in [2.75, 3.05) is 20.3 Å². The van der Waals surface area contributed by atoms with Crippen LogP contribution in [0.3, 0.4) is 0 Å². The Bertz CT molecular complexity index is 682. The van der Waals surface area contributed by atoms with Gasteiger partial charge in [-0.25, -0.2) is 4.99 Å². The molecule has 2 aliphatic rings. The Labute approximate surface area is 128 Å². The number of amidine groups is 1. The second-order valence-corrected chi connectivity index (χ2v) is 4.76. The first-order chi connectivity index (χ1) is 10.7. The summed E-state index contributed by atoms with van der Waals surface area (Å²) in [7, 11) is 1.62. The molecule has 0 radical (unpaired) electrons. The highest BCUT2D eigenvalue weighted by Gasteiger charge is 2.36. The summed E-state index contributed by atoms with van der Waals surface area (Å²) in [5, 5.41) is 5.38. The van der Waals surface area contributed by atoms with E-state index in [1.807, 2.05) is 26.0 Å². The van der Waals surface area contributed by atoms with E-state index in [9.17, 15) is 4.79 Å². The number of hydrogen-bond donors (Lipinski definition) is 0. The number of hydrogen-bond acceptors (Lipinski definition) is 6. The number of hydrazone groups is 1. The van der Waals surface area contributed by atoms with Crippen molar-refractivity contribution in [3.63, 3.8) is 0 Å². The van der Waals surface area contributed by atoms with Gasteiger partial charge in [0.15, 0.2) is 0 Å². The Morgan fingerprint density at radius 2 is 2.14 bits per heavy atom. The average molecular weight is 303 g/mol. The highest BCUT2D eigenvalue weighted by molar-refractivity contribution is 6.13. The smallest absolute Gasteiger partial charge is 0.323 e. The van der Waals surface area contributed by atoms with Gasteiger partial charge >= 0.3 is 6.02 Å². The van der Waals surface area contributed by atoms with Crippen molar-refractivity contribution in [1.29, 1.82) is 0 Å². The Hall–Kier alpha value is -2.57. The van der Waals surface area contributed by atoms with E-state index in [0.717, 1.165) is 17.7 Å². The third-order valence-electron chi connectivity index (χ3n) is 3.44. The molecule has 1 aromatic rings. The molecule has 0 N–H and O–H groups in total. The molecule has 0 saturated heterocycles. The first-order valence-electron chi connectivity index (χ1n) is 7.15. The minimum Gasteiger partial charge on any atom is -0.496 e. The summed E-state index contributed by atoms with van der Waals surface area (Å²) >= 11 is 0. The number of nitrogens with zero attached hydrogens (tertiary/aromatic N) is 3. The Morgan fingerprint density at radius 3 is 2.77 bits per heavy atom. The lowest BCUT2D eigenvalue weighted by Crippen LogP contribution is -2.23. The number of rotatable bonds is 5. The number of methoxy groups -OCH3 is 1. The largest absolute Gasteiger partial charge is 0.496 e. The van der Waals surface area contributed by atoms with Gasteiger partial charge in [0.2, 0.25) is 0 Å². The summed E-state index contributed by atoms with van der Waals surface area (Å²) < 4.78 is 16.6. The summed E-state index contributed by atoms with van der Waals surface area (Å²) in [6.07, 6.45) is 0.791. The number of fused-ring (bicyclic) bond motifs is 1. The molecule has 116 valence electrons. The van der Waals surface area contributed by atoms with Gasteiger partial charge in [-0.1, -0.05) is 6.92 Å². The van der Waals surface area contributed by atoms with E-state index in [1.54, 1.807) is 7.11 Å². The van der Waals surface area contributed by atoms with E-state index in [-0.39, 0.29) is 18.5 Å². The molecule has 0 fully saturated rings. The number of carbonyl (C=O) groups excluding carboxylic acids is 1.